The van der Waals surface area contributed by atoms with Crippen molar-refractivity contribution >= 4 is 27.8 Å². The van der Waals surface area contributed by atoms with Crippen molar-refractivity contribution in [3.63, 3.8) is 0 Å². The molecule has 1 aromatic carbocycles. The van der Waals surface area contributed by atoms with E-state index in [9.17, 15) is 13.2 Å². The number of carbonyl (C=O) groups excluding carboxylic acids is 1. The highest BCUT2D eigenvalue weighted by Gasteiger charge is 2.63. The lowest BCUT2D eigenvalue weighted by Gasteiger charge is -2.31. The highest BCUT2D eigenvalue weighted by atomic mass is 32.2. The Balaban J connectivity index is 1.98. The number of benzene rings is 1. The molecule has 0 heterocycles. The van der Waals surface area contributed by atoms with Crippen LogP contribution >= 0.6 is 0 Å². The van der Waals surface area contributed by atoms with E-state index >= 15 is 0 Å². The second kappa shape index (κ2) is 4.92. The van der Waals surface area contributed by atoms with Gasteiger partial charge < -0.3 is 0 Å². The molecule has 0 aliphatic heterocycles. The minimum absolute atomic E-state index is 0.0353. The molecule has 0 saturated heterocycles. The summed E-state index contributed by atoms with van der Waals surface area (Å²) in [4.78, 5) is 12.8. The zero-order chi connectivity index (χ0) is 17.0. The SMILES string of the molecule is CC12CCC(C(=Cc3cccc(NS(N)(=O)=O)c3)C1=O)C2(C)C. The van der Waals surface area contributed by atoms with Crippen molar-refractivity contribution in [3.05, 3.63) is 35.4 Å². The highest BCUT2D eigenvalue weighted by molar-refractivity contribution is 7.90. The molecule has 2 fully saturated rings. The lowest BCUT2D eigenvalue weighted by Crippen LogP contribution is -2.32. The van der Waals surface area contributed by atoms with Gasteiger partial charge in [-0.1, -0.05) is 32.9 Å². The number of ketones is 1. The molecule has 2 unspecified atom stereocenters. The fourth-order valence-corrected chi connectivity index (χ4v) is 4.59. The molecule has 2 saturated carbocycles. The number of fused-ring (bicyclic) bond motifs is 2. The zero-order valence-electron chi connectivity index (χ0n) is 13.6. The zero-order valence-corrected chi connectivity index (χ0v) is 14.4. The van der Waals surface area contributed by atoms with Crippen molar-refractivity contribution in [3.8, 4) is 0 Å². The largest absolute Gasteiger partial charge is 0.296 e. The molecule has 5 nitrogen and oxygen atoms in total. The molecule has 23 heavy (non-hydrogen) atoms. The topological polar surface area (TPSA) is 89.3 Å². The first-order valence-electron chi connectivity index (χ1n) is 7.72. The predicted octanol–water partition coefficient (Wildman–Crippen LogP) is 2.71. The molecule has 3 N–H and O–H groups in total. The molecule has 2 atom stereocenters. The number of carbonyl (C=O) groups is 1. The predicted molar refractivity (Wildman–Crippen MR) is 90.8 cm³/mol. The Kier molecular flexibility index (Phi) is 3.46. The van der Waals surface area contributed by atoms with Gasteiger partial charge in [0.25, 0.3) is 10.2 Å². The smallest absolute Gasteiger partial charge is 0.294 e. The summed E-state index contributed by atoms with van der Waals surface area (Å²) < 4.78 is 24.5. The maximum atomic E-state index is 12.8. The Morgan fingerprint density at radius 3 is 2.57 bits per heavy atom. The normalized spacial score (nSPS) is 30.9. The number of Topliss-reactive ketones (excluding diaryl/α,β-unsaturated/α-hetero) is 1. The molecule has 0 amide bonds. The molecular formula is C17H22N2O3S. The van der Waals surface area contributed by atoms with Gasteiger partial charge in [-0.25, -0.2) is 5.14 Å². The standard InChI is InChI=1S/C17H22N2O3S/c1-16(2)14-7-8-17(16,3)15(20)13(14)10-11-5-4-6-12(9-11)19-23(18,21)22/h4-6,9-10,14,19H,7-8H2,1-3H3,(H2,18,21,22). The van der Waals surface area contributed by atoms with Crippen LogP contribution in [-0.4, -0.2) is 14.2 Å². The summed E-state index contributed by atoms with van der Waals surface area (Å²) in [5.41, 5.74) is 1.72. The summed E-state index contributed by atoms with van der Waals surface area (Å²) in [5, 5.41) is 5.00. The van der Waals surface area contributed by atoms with Gasteiger partial charge in [0.15, 0.2) is 5.78 Å². The quantitative estimate of drug-likeness (QED) is 0.833. The van der Waals surface area contributed by atoms with E-state index in [1.165, 1.54) is 0 Å². The van der Waals surface area contributed by atoms with Crippen molar-refractivity contribution in [2.24, 2.45) is 21.9 Å². The van der Waals surface area contributed by atoms with Gasteiger partial charge >= 0.3 is 0 Å². The van der Waals surface area contributed by atoms with Crippen LogP contribution in [0.2, 0.25) is 0 Å². The molecule has 124 valence electrons. The van der Waals surface area contributed by atoms with Crippen LogP contribution < -0.4 is 9.86 Å². The summed E-state index contributed by atoms with van der Waals surface area (Å²) in [5.74, 6) is 0.485. The van der Waals surface area contributed by atoms with Crippen molar-refractivity contribution in [2.45, 2.75) is 33.6 Å². The third kappa shape index (κ3) is 2.50. The Labute approximate surface area is 137 Å². The van der Waals surface area contributed by atoms with E-state index in [1.807, 2.05) is 12.1 Å². The van der Waals surface area contributed by atoms with Crippen LogP contribution in [0.25, 0.3) is 6.08 Å². The van der Waals surface area contributed by atoms with Crippen LogP contribution in [0, 0.1) is 16.7 Å². The molecule has 6 heteroatoms. The number of hydrogen-bond acceptors (Lipinski definition) is 3. The van der Waals surface area contributed by atoms with Crippen LogP contribution in [0.15, 0.2) is 29.8 Å². The maximum absolute atomic E-state index is 12.8. The van der Waals surface area contributed by atoms with Crippen LogP contribution in [0.3, 0.4) is 0 Å². The monoisotopic (exact) mass is 334 g/mol. The van der Waals surface area contributed by atoms with Crippen molar-refractivity contribution in [1.29, 1.82) is 0 Å². The number of anilines is 1. The Morgan fingerprint density at radius 2 is 2.00 bits per heavy atom. The number of allylic oxidation sites excluding steroid dienone is 1. The Morgan fingerprint density at radius 1 is 1.30 bits per heavy atom. The molecule has 1 aromatic rings. The second-order valence-electron chi connectivity index (χ2n) is 7.35. The van der Waals surface area contributed by atoms with E-state index in [0.717, 1.165) is 24.0 Å². The number of rotatable bonds is 3. The molecule has 2 aliphatic carbocycles. The minimum atomic E-state index is -3.81. The van der Waals surface area contributed by atoms with Crippen LogP contribution in [0.4, 0.5) is 5.69 Å². The first-order valence-corrected chi connectivity index (χ1v) is 9.26. The molecule has 0 radical (unpaired) electrons. The van der Waals surface area contributed by atoms with E-state index in [4.69, 9.17) is 5.14 Å². The molecule has 3 rings (SSSR count). The van der Waals surface area contributed by atoms with Gasteiger partial charge in [-0.05, 0) is 53.5 Å². The summed E-state index contributed by atoms with van der Waals surface area (Å²) in [6.45, 7) is 6.40. The van der Waals surface area contributed by atoms with Gasteiger partial charge in [-0.3, -0.25) is 9.52 Å². The summed E-state index contributed by atoms with van der Waals surface area (Å²) >= 11 is 0. The number of hydrogen-bond donors (Lipinski definition) is 2. The van der Waals surface area contributed by atoms with E-state index in [1.54, 1.807) is 18.2 Å². The third-order valence-corrected chi connectivity index (χ3v) is 6.35. The second-order valence-corrected chi connectivity index (χ2v) is 8.64. The van der Waals surface area contributed by atoms with E-state index in [2.05, 4.69) is 25.5 Å². The van der Waals surface area contributed by atoms with Crippen LogP contribution in [0.5, 0.6) is 0 Å². The van der Waals surface area contributed by atoms with E-state index < -0.39 is 10.2 Å². The lowest BCUT2D eigenvalue weighted by atomic mass is 9.70. The summed E-state index contributed by atoms with van der Waals surface area (Å²) in [6, 6.07) is 6.91. The average Bonchev–Trinajstić information content (AvgIpc) is 2.72. The minimum Gasteiger partial charge on any atom is -0.294 e. The van der Waals surface area contributed by atoms with Crippen molar-refractivity contribution in [2.75, 3.05) is 4.72 Å². The first kappa shape index (κ1) is 16.2. The van der Waals surface area contributed by atoms with Gasteiger partial charge in [0, 0.05) is 5.41 Å². The third-order valence-electron chi connectivity index (χ3n) is 5.83. The molecular weight excluding hydrogens is 312 g/mol. The maximum Gasteiger partial charge on any atom is 0.296 e. The van der Waals surface area contributed by atoms with Crippen LogP contribution in [0.1, 0.15) is 39.2 Å². The fraction of sp³-hybridized carbons (Fsp3) is 0.471. The van der Waals surface area contributed by atoms with Gasteiger partial charge in [-0.15, -0.1) is 0 Å². The van der Waals surface area contributed by atoms with Crippen molar-refractivity contribution in [1.82, 2.24) is 0 Å². The van der Waals surface area contributed by atoms with Crippen LogP contribution in [-0.2, 0) is 15.0 Å². The van der Waals surface area contributed by atoms with Gasteiger partial charge in [-0.2, -0.15) is 8.42 Å². The van der Waals surface area contributed by atoms with Gasteiger partial charge in [0.05, 0.1) is 5.69 Å². The lowest BCUT2D eigenvalue weighted by molar-refractivity contribution is -0.125. The molecule has 2 bridgehead atoms. The number of nitrogens with two attached hydrogens (primary N) is 1. The molecule has 0 aromatic heterocycles. The summed E-state index contributed by atoms with van der Waals surface area (Å²) in [6.07, 6.45) is 3.86. The summed E-state index contributed by atoms with van der Waals surface area (Å²) in [7, 11) is -3.81. The van der Waals surface area contributed by atoms with Gasteiger partial charge in [0.2, 0.25) is 0 Å². The average molecular weight is 334 g/mol. The van der Waals surface area contributed by atoms with E-state index in [-0.39, 0.29) is 22.5 Å². The Bertz CT molecular complexity index is 811. The Hall–Kier alpha value is -1.66. The fourth-order valence-electron chi connectivity index (χ4n) is 4.13. The van der Waals surface area contributed by atoms with E-state index in [0.29, 0.717) is 5.69 Å². The highest BCUT2D eigenvalue weighted by Crippen LogP contribution is 2.65. The van der Waals surface area contributed by atoms with Gasteiger partial charge in [0.1, 0.15) is 0 Å². The van der Waals surface area contributed by atoms with Crippen molar-refractivity contribution < 1.29 is 13.2 Å². The molecule has 0 spiro atoms. The first-order chi connectivity index (χ1) is 10.5. The number of nitrogens with one attached hydrogen (secondary N) is 1. The molecule has 2 aliphatic rings.